The van der Waals surface area contributed by atoms with Crippen molar-refractivity contribution < 1.29 is 0 Å². The van der Waals surface area contributed by atoms with Gasteiger partial charge in [-0.2, -0.15) is 0 Å². The van der Waals surface area contributed by atoms with E-state index in [1.54, 1.807) is 0 Å². The van der Waals surface area contributed by atoms with Crippen molar-refractivity contribution in [2.45, 2.75) is 52.0 Å². The molecule has 0 aromatic heterocycles. The van der Waals surface area contributed by atoms with Crippen LogP contribution in [0.2, 0.25) is 0 Å². The maximum atomic E-state index is 6.65. The summed E-state index contributed by atoms with van der Waals surface area (Å²) in [7, 11) is 0. The van der Waals surface area contributed by atoms with Crippen molar-refractivity contribution in [3.05, 3.63) is 29.8 Å². The Bertz CT molecular complexity index is 398. The second-order valence-electron chi connectivity index (χ2n) is 6.41. The summed E-state index contributed by atoms with van der Waals surface area (Å²) in [5.74, 6) is 0.774. The summed E-state index contributed by atoms with van der Waals surface area (Å²) >= 11 is 0. The van der Waals surface area contributed by atoms with E-state index in [2.05, 4.69) is 49.9 Å². The summed E-state index contributed by atoms with van der Waals surface area (Å²) in [5.41, 5.74) is 9.27. The largest absolute Gasteiger partial charge is 0.370 e. The lowest BCUT2D eigenvalue weighted by Crippen LogP contribution is -2.53. The highest BCUT2D eigenvalue weighted by Gasteiger charge is 2.32. The molecule has 2 heteroatoms. The van der Waals surface area contributed by atoms with Gasteiger partial charge in [0.25, 0.3) is 0 Å². The Labute approximate surface area is 118 Å². The molecule has 0 radical (unpaired) electrons. The van der Waals surface area contributed by atoms with Gasteiger partial charge in [0.05, 0.1) is 0 Å². The van der Waals surface area contributed by atoms with Crippen LogP contribution in [-0.4, -0.2) is 18.6 Å². The molecule has 0 bridgehead atoms. The van der Waals surface area contributed by atoms with Crippen molar-refractivity contribution in [1.29, 1.82) is 0 Å². The van der Waals surface area contributed by atoms with E-state index in [9.17, 15) is 0 Å². The summed E-state index contributed by atoms with van der Waals surface area (Å²) in [6.45, 7) is 8.69. The van der Waals surface area contributed by atoms with Gasteiger partial charge < -0.3 is 10.6 Å². The molecule has 2 nitrogen and oxygen atoms in total. The highest BCUT2D eigenvalue weighted by atomic mass is 15.1. The van der Waals surface area contributed by atoms with Crippen LogP contribution in [0.4, 0.5) is 5.69 Å². The zero-order chi connectivity index (χ0) is 13.9. The number of nitrogens with two attached hydrogens (primary N) is 1. The van der Waals surface area contributed by atoms with E-state index >= 15 is 0 Å². The third kappa shape index (κ3) is 3.73. The van der Waals surface area contributed by atoms with Gasteiger partial charge in [-0.1, -0.05) is 37.5 Å². The number of benzene rings is 1. The van der Waals surface area contributed by atoms with E-state index in [1.165, 1.54) is 30.5 Å². The summed E-state index contributed by atoms with van der Waals surface area (Å²) in [6.07, 6.45) is 4.95. The molecule has 2 atom stereocenters. The van der Waals surface area contributed by atoms with Crippen molar-refractivity contribution in [2.75, 3.05) is 18.0 Å². The normalized spacial score (nSPS) is 27.3. The second kappa shape index (κ2) is 5.96. The van der Waals surface area contributed by atoms with E-state index in [1.807, 2.05) is 0 Å². The minimum atomic E-state index is -0.00143. The number of rotatable bonds is 4. The molecule has 1 aliphatic carbocycles. The van der Waals surface area contributed by atoms with Crippen molar-refractivity contribution in [3.8, 4) is 0 Å². The van der Waals surface area contributed by atoms with Gasteiger partial charge in [-0.15, -0.1) is 0 Å². The summed E-state index contributed by atoms with van der Waals surface area (Å²) in [4.78, 5) is 2.43. The van der Waals surface area contributed by atoms with Gasteiger partial charge in [-0.3, -0.25) is 0 Å². The summed E-state index contributed by atoms with van der Waals surface area (Å²) < 4.78 is 0. The molecule has 1 saturated carbocycles. The maximum absolute atomic E-state index is 6.65. The molecule has 1 aromatic carbocycles. The van der Waals surface area contributed by atoms with E-state index in [0.717, 1.165) is 25.4 Å². The van der Waals surface area contributed by atoms with Crippen LogP contribution in [0, 0.1) is 12.8 Å². The average molecular weight is 260 g/mol. The first-order valence-corrected chi connectivity index (χ1v) is 7.63. The first-order valence-electron chi connectivity index (χ1n) is 7.63. The quantitative estimate of drug-likeness (QED) is 0.894. The van der Waals surface area contributed by atoms with Gasteiger partial charge in [0, 0.05) is 24.3 Å². The van der Waals surface area contributed by atoms with Crippen LogP contribution in [-0.2, 0) is 0 Å². The van der Waals surface area contributed by atoms with Gasteiger partial charge in [0.1, 0.15) is 0 Å². The molecule has 1 aromatic rings. The van der Waals surface area contributed by atoms with E-state index in [-0.39, 0.29) is 5.54 Å². The molecular formula is C17H28N2. The predicted octanol–water partition coefficient (Wildman–Crippen LogP) is 3.73. The van der Waals surface area contributed by atoms with Crippen LogP contribution >= 0.6 is 0 Å². The van der Waals surface area contributed by atoms with Gasteiger partial charge in [-0.05, 0) is 44.7 Å². The fourth-order valence-electron chi connectivity index (χ4n) is 3.37. The van der Waals surface area contributed by atoms with Crippen LogP contribution in [0.5, 0.6) is 0 Å². The maximum Gasteiger partial charge on any atom is 0.0366 e. The summed E-state index contributed by atoms with van der Waals surface area (Å²) in [5, 5.41) is 0. The van der Waals surface area contributed by atoms with Crippen molar-refractivity contribution in [1.82, 2.24) is 0 Å². The van der Waals surface area contributed by atoms with Crippen LogP contribution < -0.4 is 10.6 Å². The number of likely N-dealkylation sites (N-methyl/N-ethyl adjacent to an activating group) is 1. The standard InChI is InChI=1S/C17H28N2/c1-4-19(16-9-7-14(2)8-10-16)13-17(18)11-5-6-15(3)12-17/h7-10,15H,4-6,11-13,18H2,1-3H3. The zero-order valence-corrected chi connectivity index (χ0v) is 12.7. The molecule has 106 valence electrons. The number of hydrogen-bond acceptors (Lipinski definition) is 2. The van der Waals surface area contributed by atoms with Gasteiger partial charge in [-0.25, -0.2) is 0 Å². The molecule has 0 saturated heterocycles. The van der Waals surface area contributed by atoms with Crippen LogP contribution in [0.1, 0.15) is 45.1 Å². The summed E-state index contributed by atoms with van der Waals surface area (Å²) in [6, 6.07) is 8.80. The smallest absolute Gasteiger partial charge is 0.0366 e. The monoisotopic (exact) mass is 260 g/mol. The molecule has 19 heavy (non-hydrogen) atoms. The highest BCUT2D eigenvalue weighted by Crippen LogP contribution is 2.32. The van der Waals surface area contributed by atoms with Gasteiger partial charge in [0.2, 0.25) is 0 Å². The van der Waals surface area contributed by atoms with Gasteiger partial charge in [0.15, 0.2) is 0 Å². The molecular weight excluding hydrogens is 232 g/mol. The third-order valence-electron chi connectivity index (χ3n) is 4.41. The lowest BCUT2D eigenvalue weighted by molar-refractivity contribution is 0.239. The predicted molar refractivity (Wildman–Crippen MR) is 83.6 cm³/mol. The lowest BCUT2D eigenvalue weighted by Gasteiger charge is -2.41. The molecule has 1 aliphatic rings. The number of aryl methyl sites for hydroxylation is 1. The molecule has 2 N–H and O–H groups in total. The third-order valence-corrected chi connectivity index (χ3v) is 4.41. The van der Waals surface area contributed by atoms with Crippen molar-refractivity contribution in [3.63, 3.8) is 0 Å². The molecule has 0 spiro atoms. The number of nitrogens with zero attached hydrogens (tertiary/aromatic N) is 1. The Kier molecular flexibility index (Phi) is 4.51. The fraction of sp³-hybridized carbons (Fsp3) is 0.647. The number of anilines is 1. The number of hydrogen-bond donors (Lipinski definition) is 1. The van der Waals surface area contributed by atoms with Crippen molar-refractivity contribution in [2.24, 2.45) is 11.7 Å². The minimum Gasteiger partial charge on any atom is -0.370 e. The Balaban J connectivity index is 2.08. The molecule has 0 amide bonds. The van der Waals surface area contributed by atoms with E-state index in [4.69, 9.17) is 5.73 Å². The average Bonchev–Trinajstić information content (AvgIpc) is 2.37. The lowest BCUT2D eigenvalue weighted by atomic mass is 9.76. The molecule has 1 fully saturated rings. The molecule has 2 rings (SSSR count). The Hall–Kier alpha value is -1.02. The van der Waals surface area contributed by atoms with Crippen molar-refractivity contribution >= 4 is 5.69 Å². The highest BCUT2D eigenvalue weighted by molar-refractivity contribution is 5.47. The van der Waals surface area contributed by atoms with Crippen LogP contribution in [0.3, 0.4) is 0 Å². The second-order valence-corrected chi connectivity index (χ2v) is 6.41. The van der Waals surface area contributed by atoms with E-state index < -0.39 is 0 Å². The van der Waals surface area contributed by atoms with Crippen LogP contribution in [0.15, 0.2) is 24.3 Å². The fourth-order valence-corrected chi connectivity index (χ4v) is 3.37. The Morgan fingerprint density at radius 2 is 2.00 bits per heavy atom. The Morgan fingerprint density at radius 1 is 1.32 bits per heavy atom. The molecule has 0 heterocycles. The first kappa shape index (κ1) is 14.4. The molecule has 2 unspecified atom stereocenters. The molecule has 0 aliphatic heterocycles. The van der Waals surface area contributed by atoms with E-state index in [0.29, 0.717) is 0 Å². The van der Waals surface area contributed by atoms with Crippen LogP contribution in [0.25, 0.3) is 0 Å². The van der Waals surface area contributed by atoms with Gasteiger partial charge >= 0.3 is 0 Å². The first-order chi connectivity index (χ1) is 9.02. The Morgan fingerprint density at radius 3 is 2.58 bits per heavy atom. The topological polar surface area (TPSA) is 29.3 Å². The SMILES string of the molecule is CCN(CC1(N)CCCC(C)C1)c1ccc(C)cc1. The zero-order valence-electron chi connectivity index (χ0n) is 12.7. The minimum absolute atomic E-state index is 0.00143.